The lowest BCUT2D eigenvalue weighted by molar-refractivity contribution is -0.126. The van der Waals surface area contributed by atoms with Crippen LogP contribution in [0, 0.1) is 19.8 Å². The molecule has 192 valence electrons. The number of anilines is 2. The third kappa shape index (κ3) is 5.79. The monoisotopic (exact) mass is 511 g/mol. The summed E-state index contributed by atoms with van der Waals surface area (Å²) < 4.78 is 6.91. The van der Waals surface area contributed by atoms with Crippen LogP contribution in [0.2, 0.25) is 0 Å². The number of thioether (sulfide) groups is 1. The van der Waals surface area contributed by atoms with Crippen molar-refractivity contribution in [1.29, 1.82) is 0 Å². The smallest absolute Gasteiger partial charge is 0.227 e. The van der Waals surface area contributed by atoms with Crippen LogP contribution in [0.5, 0.6) is 0 Å². The van der Waals surface area contributed by atoms with Gasteiger partial charge in [0.25, 0.3) is 0 Å². The summed E-state index contributed by atoms with van der Waals surface area (Å²) in [5.74, 6) is 1.05. The predicted octanol–water partition coefficient (Wildman–Crippen LogP) is 2.78. The maximum atomic E-state index is 12.9. The number of nitrogens with zero attached hydrogens (tertiary/aromatic N) is 5. The van der Waals surface area contributed by atoms with Gasteiger partial charge in [-0.05, 0) is 42.9 Å². The lowest BCUT2D eigenvalue weighted by Crippen LogP contribution is -2.35. The second kappa shape index (κ2) is 11.7. The molecule has 1 aliphatic heterocycles. The maximum Gasteiger partial charge on any atom is 0.227 e. The average molecular weight is 512 g/mol. The van der Waals surface area contributed by atoms with Gasteiger partial charge in [0.1, 0.15) is 5.82 Å². The Kier molecular flexibility index (Phi) is 8.42. The normalized spacial score (nSPS) is 15.6. The summed E-state index contributed by atoms with van der Waals surface area (Å²) >= 11 is 1.56. The minimum atomic E-state index is -0.375. The number of nitrogens with one attached hydrogen (secondary N) is 2. The molecule has 0 saturated carbocycles. The maximum absolute atomic E-state index is 12.9. The zero-order valence-corrected chi connectivity index (χ0v) is 22.0. The topological polar surface area (TPSA) is 114 Å². The molecule has 2 aromatic heterocycles. The molecule has 1 aliphatic rings. The van der Waals surface area contributed by atoms with Gasteiger partial charge in [-0.15, -0.1) is 0 Å². The fraction of sp³-hybridized carbons (Fsp3) is 0.480. The van der Waals surface area contributed by atoms with Crippen molar-refractivity contribution in [3.05, 3.63) is 35.5 Å². The summed E-state index contributed by atoms with van der Waals surface area (Å²) in [6.45, 7) is 8.54. The number of methoxy groups -OCH3 is 1. The number of benzene rings is 1. The molecule has 1 unspecified atom stereocenters. The number of aromatic nitrogens is 4. The van der Waals surface area contributed by atoms with Gasteiger partial charge in [-0.3, -0.25) is 9.59 Å². The minimum absolute atomic E-state index is 0.0253. The molecule has 0 bridgehead atoms. The number of carbonyl (C=O) groups is 2. The highest BCUT2D eigenvalue weighted by Crippen LogP contribution is 2.27. The van der Waals surface area contributed by atoms with E-state index in [9.17, 15) is 9.59 Å². The highest BCUT2D eigenvalue weighted by molar-refractivity contribution is 7.99. The van der Waals surface area contributed by atoms with Crippen LogP contribution in [0.15, 0.2) is 29.6 Å². The lowest BCUT2D eigenvalue weighted by atomic mass is 10.1. The van der Waals surface area contributed by atoms with Gasteiger partial charge in [0.05, 0.1) is 30.7 Å². The van der Waals surface area contributed by atoms with Crippen molar-refractivity contribution >= 4 is 46.1 Å². The van der Waals surface area contributed by atoms with Gasteiger partial charge in [-0.25, -0.2) is 14.6 Å². The van der Waals surface area contributed by atoms with Crippen molar-refractivity contribution in [2.24, 2.45) is 5.92 Å². The number of rotatable bonds is 11. The molecule has 1 saturated heterocycles. The summed E-state index contributed by atoms with van der Waals surface area (Å²) in [5.41, 5.74) is 3.86. The fourth-order valence-corrected chi connectivity index (χ4v) is 4.72. The fourth-order valence-electron chi connectivity index (χ4n) is 4.15. The van der Waals surface area contributed by atoms with E-state index in [0.29, 0.717) is 43.6 Å². The second-order valence-electron chi connectivity index (χ2n) is 8.78. The quantitative estimate of drug-likeness (QED) is 0.230. The van der Waals surface area contributed by atoms with Crippen molar-refractivity contribution in [2.45, 2.75) is 38.9 Å². The van der Waals surface area contributed by atoms with Crippen LogP contribution in [0.25, 0.3) is 11.0 Å². The molecule has 0 aliphatic carbocycles. The van der Waals surface area contributed by atoms with Gasteiger partial charge in [0.15, 0.2) is 10.8 Å². The standard InChI is InChI=1S/C25H33N7O3S/c1-5-36-25-29-22(26-9-11-35-4)20-14-28-32(23(20)30-25)10-8-27-24(34)18-13-21(33)31(15-18)19-7-6-16(2)17(3)12-19/h6-7,12,14,18H,5,8-11,13,15H2,1-4H3,(H,27,34)(H,26,29,30). The lowest BCUT2D eigenvalue weighted by Gasteiger charge is -2.18. The Morgan fingerprint density at radius 1 is 1.22 bits per heavy atom. The Hall–Kier alpha value is -3.18. The Labute approximate surface area is 215 Å². The SMILES string of the molecule is CCSc1nc(NCCOC)c2cnn(CCNC(=O)C3CC(=O)N(c4ccc(C)c(C)c4)C3)c2n1. The van der Waals surface area contributed by atoms with Crippen molar-refractivity contribution in [1.82, 2.24) is 25.1 Å². The molecule has 10 nitrogen and oxygen atoms in total. The molecule has 4 rings (SSSR count). The number of aryl methyl sites for hydroxylation is 2. The zero-order chi connectivity index (χ0) is 25.7. The van der Waals surface area contributed by atoms with E-state index in [2.05, 4.69) is 32.6 Å². The van der Waals surface area contributed by atoms with Gasteiger partial charge >= 0.3 is 0 Å². The second-order valence-corrected chi connectivity index (χ2v) is 10.0. The van der Waals surface area contributed by atoms with Crippen molar-refractivity contribution < 1.29 is 14.3 Å². The molecule has 1 fully saturated rings. The van der Waals surface area contributed by atoms with Crippen molar-refractivity contribution in [3.8, 4) is 0 Å². The van der Waals surface area contributed by atoms with Crippen LogP contribution in [0.1, 0.15) is 24.5 Å². The molecule has 36 heavy (non-hydrogen) atoms. The van der Waals surface area contributed by atoms with E-state index >= 15 is 0 Å². The van der Waals surface area contributed by atoms with E-state index in [1.807, 2.05) is 32.0 Å². The molecular weight excluding hydrogens is 478 g/mol. The molecule has 0 spiro atoms. The summed E-state index contributed by atoms with van der Waals surface area (Å²) in [6.07, 6.45) is 1.95. The highest BCUT2D eigenvalue weighted by atomic mass is 32.2. The van der Waals surface area contributed by atoms with Crippen LogP contribution in [-0.2, 0) is 20.9 Å². The van der Waals surface area contributed by atoms with Crippen molar-refractivity contribution in [3.63, 3.8) is 0 Å². The summed E-state index contributed by atoms with van der Waals surface area (Å²) in [7, 11) is 1.66. The summed E-state index contributed by atoms with van der Waals surface area (Å²) in [6, 6.07) is 5.95. The number of ether oxygens (including phenoxy) is 1. The molecule has 2 amide bonds. The van der Waals surface area contributed by atoms with Gasteiger partial charge in [-0.1, -0.05) is 24.8 Å². The molecule has 0 radical (unpaired) electrons. The number of amides is 2. The molecular formula is C25H33N7O3S. The van der Waals surface area contributed by atoms with E-state index in [1.54, 1.807) is 34.7 Å². The molecule has 3 aromatic rings. The first-order chi connectivity index (χ1) is 17.4. The minimum Gasteiger partial charge on any atom is -0.383 e. The molecule has 2 N–H and O–H groups in total. The predicted molar refractivity (Wildman–Crippen MR) is 141 cm³/mol. The van der Waals surface area contributed by atoms with E-state index < -0.39 is 0 Å². The first-order valence-electron chi connectivity index (χ1n) is 12.2. The van der Waals surface area contributed by atoms with Crippen LogP contribution in [0.3, 0.4) is 0 Å². The first-order valence-corrected chi connectivity index (χ1v) is 13.1. The Balaban J connectivity index is 1.38. The van der Waals surface area contributed by atoms with Crippen LogP contribution < -0.4 is 15.5 Å². The van der Waals surface area contributed by atoms with E-state index in [-0.39, 0.29) is 24.2 Å². The average Bonchev–Trinajstić information content (AvgIpc) is 3.45. The van der Waals surface area contributed by atoms with E-state index in [4.69, 9.17) is 4.74 Å². The third-order valence-electron chi connectivity index (χ3n) is 6.27. The highest BCUT2D eigenvalue weighted by Gasteiger charge is 2.35. The largest absolute Gasteiger partial charge is 0.383 e. The Morgan fingerprint density at radius 2 is 2.06 bits per heavy atom. The number of hydrogen-bond donors (Lipinski definition) is 2. The van der Waals surface area contributed by atoms with Gasteiger partial charge in [-0.2, -0.15) is 5.10 Å². The Morgan fingerprint density at radius 3 is 2.81 bits per heavy atom. The van der Waals surface area contributed by atoms with Crippen LogP contribution in [0.4, 0.5) is 11.5 Å². The molecule has 11 heteroatoms. The number of carbonyl (C=O) groups excluding carboxylic acids is 2. The number of fused-ring (bicyclic) bond motifs is 1. The molecule has 1 atom stereocenters. The van der Waals surface area contributed by atoms with E-state index in [0.717, 1.165) is 28.2 Å². The molecule has 1 aromatic carbocycles. The van der Waals surface area contributed by atoms with Crippen LogP contribution in [-0.4, -0.2) is 70.7 Å². The van der Waals surface area contributed by atoms with Gasteiger partial charge in [0, 0.05) is 38.9 Å². The molecule has 3 heterocycles. The van der Waals surface area contributed by atoms with Crippen molar-refractivity contribution in [2.75, 3.05) is 49.3 Å². The Bertz CT molecular complexity index is 1250. The number of hydrogen-bond acceptors (Lipinski definition) is 8. The van der Waals surface area contributed by atoms with Gasteiger partial charge < -0.3 is 20.3 Å². The van der Waals surface area contributed by atoms with Crippen LogP contribution >= 0.6 is 11.8 Å². The third-order valence-corrected chi connectivity index (χ3v) is 7.00. The summed E-state index contributed by atoms with van der Waals surface area (Å²) in [4.78, 5) is 36.4. The summed E-state index contributed by atoms with van der Waals surface area (Å²) in [5, 5.41) is 12.2. The van der Waals surface area contributed by atoms with E-state index in [1.165, 1.54) is 5.56 Å². The first kappa shape index (κ1) is 25.9. The zero-order valence-electron chi connectivity index (χ0n) is 21.2. The van der Waals surface area contributed by atoms with Gasteiger partial charge in [0.2, 0.25) is 11.8 Å².